The zero-order chi connectivity index (χ0) is 15.0. The van der Waals surface area contributed by atoms with Gasteiger partial charge in [0.25, 0.3) is 5.91 Å². The van der Waals surface area contributed by atoms with E-state index in [1.165, 1.54) is 11.3 Å². The van der Waals surface area contributed by atoms with Gasteiger partial charge in [0.05, 0.1) is 11.2 Å². The number of nitrogens with zero attached hydrogens (tertiary/aromatic N) is 1. The normalized spacial score (nSPS) is 17.4. The molecule has 0 saturated carbocycles. The minimum absolute atomic E-state index is 0.0792. The summed E-state index contributed by atoms with van der Waals surface area (Å²) in [6.45, 7) is 1.92. The van der Waals surface area contributed by atoms with E-state index in [2.05, 4.69) is 31.4 Å². The van der Waals surface area contributed by atoms with Crippen molar-refractivity contribution in [2.24, 2.45) is 0 Å². The van der Waals surface area contributed by atoms with Crippen molar-refractivity contribution in [3.8, 4) is 0 Å². The summed E-state index contributed by atoms with van der Waals surface area (Å²) in [6.07, 6.45) is 4.50. The summed E-state index contributed by atoms with van der Waals surface area (Å²) in [6, 6.07) is 3.68. The number of H-pyrrole nitrogens is 1. The van der Waals surface area contributed by atoms with E-state index >= 15 is 0 Å². The molecule has 1 atom stereocenters. The number of aromatic amines is 1. The van der Waals surface area contributed by atoms with Gasteiger partial charge >= 0.3 is 0 Å². The average Bonchev–Trinajstić information content (AvgIpc) is 2.91. The number of amides is 1. The Morgan fingerprint density at radius 2 is 2.33 bits per heavy atom. The lowest BCUT2D eigenvalue weighted by Crippen LogP contribution is -2.38. The first kappa shape index (κ1) is 14.6. The Hall–Kier alpha value is -1.33. The number of halogens is 2. The zero-order valence-corrected chi connectivity index (χ0v) is 13.9. The molecular formula is C15H15BrClN3O. The molecule has 1 heterocycles. The Labute approximate surface area is 136 Å². The summed E-state index contributed by atoms with van der Waals surface area (Å²) in [7, 11) is 0. The molecule has 0 aliphatic heterocycles. The molecule has 0 bridgehead atoms. The molecule has 2 aromatic rings. The fraction of sp³-hybridized carbons (Fsp3) is 0.333. The predicted octanol–water partition coefficient (Wildman–Crippen LogP) is 3.42. The standard InChI is InChI=1S/C15H15BrClN3O/c1-8-4-9(6-12(17)14(8)16)15(21)19-11-2-3-13-10(5-11)7-18-20-13/h4,6-7,11H,2-3,5H2,1H3,(H,18,20)(H,19,21). The predicted molar refractivity (Wildman–Crippen MR) is 85.8 cm³/mol. The molecule has 0 radical (unpaired) electrons. The molecule has 1 aromatic heterocycles. The van der Waals surface area contributed by atoms with Crippen LogP contribution in [0.1, 0.15) is 33.6 Å². The molecule has 0 spiro atoms. The molecule has 3 rings (SSSR count). The van der Waals surface area contributed by atoms with E-state index in [0.29, 0.717) is 10.6 Å². The van der Waals surface area contributed by atoms with Crippen LogP contribution in [0.2, 0.25) is 5.02 Å². The number of benzene rings is 1. The van der Waals surface area contributed by atoms with Crippen molar-refractivity contribution in [2.75, 3.05) is 0 Å². The van der Waals surface area contributed by atoms with Gasteiger partial charge in [0.15, 0.2) is 0 Å². The average molecular weight is 369 g/mol. The molecule has 2 N–H and O–H groups in total. The van der Waals surface area contributed by atoms with Crippen LogP contribution in [0.3, 0.4) is 0 Å². The van der Waals surface area contributed by atoms with Gasteiger partial charge < -0.3 is 5.32 Å². The molecule has 6 heteroatoms. The number of nitrogens with one attached hydrogen (secondary N) is 2. The van der Waals surface area contributed by atoms with E-state index in [1.807, 2.05) is 19.2 Å². The van der Waals surface area contributed by atoms with Crippen LogP contribution in [0.5, 0.6) is 0 Å². The summed E-state index contributed by atoms with van der Waals surface area (Å²) < 4.78 is 0.835. The van der Waals surface area contributed by atoms with E-state index < -0.39 is 0 Å². The lowest BCUT2D eigenvalue weighted by Gasteiger charge is -2.23. The molecule has 110 valence electrons. The van der Waals surface area contributed by atoms with Crippen molar-refractivity contribution < 1.29 is 4.79 Å². The second kappa shape index (κ2) is 5.81. The highest BCUT2D eigenvalue weighted by Crippen LogP contribution is 2.27. The highest BCUT2D eigenvalue weighted by molar-refractivity contribution is 9.10. The summed E-state index contributed by atoms with van der Waals surface area (Å²) in [5, 5.41) is 10.7. The van der Waals surface area contributed by atoms with Crippen LogP contribution in [0.25, 0.3) is 0 Å². The van der Waals surface area contributed by atoms with Gasteiger partial charge in [0, 0.05) is 21.8 Å². The number of hydrogen-bond acceptors (Lipinski definition) is 2. The first-order valence-electron chi connectivity index (χ1n) is 6.82. The Bertz CT molecular complexity index is 675. The number of aromatic nitrogens is 2. The Kier molecular flexibility index (Phi) is 4.04. The summed E-state index contributed by atoms with van der Waals surface area (Å²) >= 11 is 9.52. The summed E-state index contributed by atoms with van der Waals surface area (Å²) in [5.74, 6) is -0.0792. The van der Waals surface area contributed by atoms with Gasteiger partial charge in [-0.05, 0) is 65.4 Å². The Morgan fingerprint density at radius 3 is 3.10 bits per heavy atom. The molecule has 4 nitrogen and oxygen atoms in total. The first-order chi connectivity index (χ1) is 10.0. The van der Waals surface area contributed by atoms with Crippen LogP contribution in [0.15, 0.2) is 22.8 Å². The minimum atomic E-state index is -0.0792. The van der Waals surface area contributed by atoms with Gasteiger partial charge in [-0.25, -0.2) is 0 Å². The Morgan fingerprint density at radius 1 is 1.52 bits per heavy atom. The van der Waals surface area contributed by atoms with Gasteiger partial charge in [-0.3, -0.25) is 9.89 Å². The number of hydrogen-bond donors (Lipinski definition) is 2. The molecular weight excluding hydrogens is 354 g/mol. The number of carbonyl (C=O) groups excluding carboxylic acids is 1. The van der Waals surface area contributed by atoms with Crippen molar-refractivity contribution in [3.05, 3.63) is 50.2 Å². The van der Waals surface area contributed by atoms with Crippen LogP contribution < -0.4 is 5.32 Å². The van der Waals surface area contributed by atoms with Crippen LogP contribution in [0, 0.1) is 6.92 Å². The quantitative estimate of drug-likeness (QED) is 0.853. The van der Waals surface area contributed by atoms with Gasteiger partial charge in [-0.1, -0.05) is 11.6 Å². The monoisotopic (exact) mass is 367 g/mol. The maximum Gasteiger partial charge on any atom is 0.251 e. The molecule has 1 aliphatic rings. The zero-order valence-electron chi connectivity index (χ0n) is 11.5. The van der Waals surface area contributed by atoms with E-state index in [1.54, 1.807) is 6.07 Å². The third kappa shape index (κ3) is 2.99. The Balaban J connectivity index is 1.73. The minimum Gasteiger partial charge on any atom is -0.349 e. The number of fused-ring (bicyclic) bond motifs is 1. The second-order valence-corrected chi connectivity index (χ2v) is 6.58. The highest BCUT2D eigenvalue weighted by atomic mass is 79.9. The third-order valence-electron chi connectivity index (χ3n) is 3.82. The molecule has 1 unspecified atom stereocenters. The highest BCUT2D eigenvalue weighted by Gasteiger charge is 2.22. The van der Waals surface area contributed by atoms with E-state index in [9.17, 15) is 4.79 Å². The smallest absolute Gasteiger partial charge is 0.251 e. The van der Waals surface area contributed by atoms with Crippen molar-refractivity contribution in [1.29, 1.82) is 0 Å². The molecule has 0 saturated heterocycles. The van der Waals surface area contributed by atoms with Crippen LogP contribution in [0.4, 0.5) is 0 Å². The molecule has 1 aliphatic carbocycles. The lowest BCUT2D eigenvalue weighted by molar-refractivity contribution is 0.0933. The fourth-order valence-corrected chi connectivity index (χ4v) is 3.16. The van der Waals surface area contributed by atoms with Gasteiger partial charge in [0.1, 0.15) is 0 Å². The van der Waals surface area contributed by atoms with Crippen LogP contribution >= 0.6 is 27.5 Å². The number of rotatable bonds is 2. The third-order valence-corrected chi connectivity index (χ3v) is 5.40. The van der Waals surface area contributed by atoms with Crippen molar-refractivity contribution in [1.82, 2.24) is 15.5 Å². The van der Waals surface area contributed by atoms with E-state index in [0.717, 1.165) is 29.3 Å². The molecule has 1 aromatic carbocycles. The fourth-order valence-electron chi connectivity index (χ4n) is 2.67. The van der Waals surface area contributed by atoms with Crippen LogP contribution in [-0.2, 0) is 12.8 Å². The maximum atomic E-state index is 12.4. The molecule has 0 fully saturated rings. The summed E-state index contributed by atoms with van der Waals surface area (Å²) in [5.41, 5.74) is 3.92. The topological polar surface area (TPSA) is 57.8 Å². The SMILES string of the molecule is Cc1cc(C(=O)NC2CCc3[nH]ncc3C2)cc(Cl)c1Br. The number of aryl methyl sites for hydroxylation is 2. The summed E-state index contributed by atoms with van der Waals surface area (Å²) in [4.78, 5) is 12.4. The van der Waals surface area contributed by atoms with Gasteiger partial charge in [-0.2, -0.15) is 5.10 Å². The van der Waals surface area contributed by atoms with Crippen LogP contribution in [-0.4, -0.2) is 22.1 Å². The largest absolute Gasteiger partial charge is 0.349 e. The maximum absolute atomic E-state index is 12.4. The van der Waals surface area contributed by atoms with Crippen molar-refractivity contribution >= 4 is 33.4 Å². The van der Waals surface area contributed by atoms with E-state index in [4.69, 9.17) is 11.6 Å². The second-order valence-electron chi connectivity index (χ2n) is 5.38. The van der Waals surface area contributed by atoms with Crippen molar-refractivity contribution in [3.63, 3.8) is 0 Å². The van der Waals surface area contributed by atoms with E-state index in [-0.39, 0.29) is 11.9 Å². The molecule has 21 heavy (non-hydrogen) atoms. The number of carbonyl (C=O) groups is 1. The van der Waals surface area contributed by atoms with Crippen molar-refractivity contribution in [2.45, 2.75) is 32.2 Å². The molecule has 1 amide bonds. The lowest BCUT2D eigenvalue weighted by atomic mass is 9.93. The first-order valence-corrected chi connectivity index (χ1v) is 7.99. The van der Waals surface area contributed by atoms with Gasteiger partial charge in [0.2, 0.25) is 0 Å². The van der Waals surface area contributed by atoms with Gasteiger partial charge in [-0.15, -0.1) is 0 Å².